The summed E-state index contributed by atoms with van der Waals surface area (Å²) in [6.45, 7) is 1.64. The van der Waals surface area contributed by atoms with Gasteiger partial charge < -0.3 is 15.3 Å². The molecular weight excluding hydrogens is 312 g/mol. The number of carbonyl (C=O) groups is 1. The largest absolute Gasteiger partial charge is 0.393 e. The van der Waals surface area contributed by atoms with E-state index >= 15 is 0 Å². The zero-order valence-corrected chi connectivity index (χ0v) is 14.5. The lowest BCUT2D eigenvalue weighted by molar-refractivity contribution is -0.116. The van der Waals surface area contributed by atoms with Crippen LogP contribution in [0.15, 0.2) is 54.6 Å². The van der Waals surface area contributed by atoms with Gasteiger partial charge in [-0.3, -0.25) is 4.79 Å². The molecule has 4 nitrogen and oxygen atoms in total. The van der Waals surface area contributed by atoms with E-state index in [9.17, 15) is 9.90 Å². The molecule has 0 aromatic heterocycles. The number of aryl methyl sites for hydroxylation is 1. The second-order valence-electron chi connectivity index (χ2n) is 6.62. The predicted octanol–water partition coefficient (Wildman–Crippen LogP) is 3.61. The highest BCUT2D eigenvalue weighted by Gasteiger charge is 2.19. The smallest absolute Gasteiger partial charge is 0.224 e. The van der Waals surface area contributed by atoms with Gasteiger partial charge >= 0.3 is 0 Å². The standard InChI is InChI=1S/C21H26N2O2/c24-18-13-15-23(16-14-18)20-11-5-4-10-19(20)22-21(25)12-6-9-17-7-2-1-3-8-17/h1-5,7-8,10-11,18,24H,6,9,12-16H2,(H,22,25). The van der Waals surface area contributed by atoms with Crippen molar-refractivity contribution >= 4 is 17.3 Å². The first-order chi connectivity index (χ1) is 12.2. The van der Waals surface area contributed by atoms with Crippen LogP contribution in [0.2, 0.25) is 0 Å². The number of benzene rings is 2. The molecule has 0 unspecified atom stereocenters. The summed E-state index contributed by atoms with van der Waals surface area (Å²) in [7, 11) is 0. The Morgan fingerprint density at radius 3 is 2.48 bits per heavy atom. The topological polar surface area (TPSA) is 52.6 Å². The molecule has 1 saturated heterocycles. The highest BCUT2D eigenvalue weighted by atomic mass is 16.3. The molecule has 25 heavy (non-hydrogen) atoms. The van der Waals surface area contributed by atoms with E-state index in [0.717, 1.165) is 50.1 Å². The number of piperidine rings is 1. The molecule has 2 N–H and O–H groups in total. The van der Waals surface area contributed by atoms with Gasteiger partial charge in [-0.2, -0.15) is 0 Å². The average Bonchev–Trinajstić information content (AvgIpc) is 2.64. The van der Waals surface area contributed by atoms with Crippen LogP contribution in [0.5, 0.6) is 0 Å². The quantitative estimate of drug-likeness (QED) is 0.846. The van der Waals surface area contributed by atoms with Crippen LogP contribution in [-0.4, -0.2) is 30.2 Å². The summed E-state index contributed by atoms with van der Waals surface area (Å²) in [5.41, 5.74) is 3.18. The van der Waals surface area contributed by atoms with Crippen molar-refractivity contribution in [3.63, 3.8) is 0 Å². The summed E-state index contributed by atoms with van der Waals surface area (Å²) in [5.74, 6) is 0.0559. The monoisotopic (exact) mass is 338 g/mol. The third kappa shape index (κ3) is 5.07. The number of para-hydroxylation sites is 2. The minimum Gasteiger partial charge on any atom is -0.393 e. The number of hydrogen-bond acceptors (Lipinski definition) is 3. The lowest BCUT2D eigenvalue weighted by Crippen LogP contribution is -2.36. The van der Waals surface area contributed by atoms with Gasteiger partial charge in [-0.15, -0.1) is 0 Å². The Kier molecular flexibility index (Phi) is 6.07. The van der Waals surface area contributed by atoms with E-state index in [1.54, 1.807) is 0 Å². The molecule has 132 valence electrons. The van der Waals surface area contributed by atoms with Crippen molar-refractivity contribution < 1.29 is 9.90 Å². The van der Waals surface area contributed by atoms with Gasteiger partial charge in [-0.25, -0.2) is 0 Å². The molecule has 1 aliphatic heterocycles. The molecule has 4 heteroatoms. The van der Waals surface area contributed by atoms with E-state index in [1.807, 2.05) is 42.5 Å². The van der Waals surface area contributed by atoms with Gasteiger partial charge in [0.05, 0.1) is 17.5 Å². The van der Waals surface area contributed by atoms with Crippen LogP contribution in [0.25, 0.3) is 0 Å². The lowest BCUT2D eigenvalue weighted by atomic mass is 10.1. The number of nitrogens with zero attached hydrogens (tertiary/aromatic N) is 1. The molecule has 2 aromatic rings. The molecule has 1 aliphatic rings. The number of nitrogens with one attached hydrogen (secondary N) is 1. The van der Waals surface area contributed by atoms with E-state index in [4.69, 9.17) is 0 Å². The van der Waals surface area contributed by atoms with E-state index in [1.165, 1.54) is 5.56 Å². The lowest BCUT2D eigenvalue weighted by Gasteiger charge is -2.32. The van der Waals surface area contributed by atoms with Gasteiger partial charge in [-0.1, -0.05) is 42.5 Å². The first-order valence-electron chi connectivity index (χ1n) is 9.08. The molecule has 0 aliphatic carbocycles. The Hall–Kier alpha value is -2.33. The summed E-state index contributed by atoms with van der Waals surface area (Å²) in [5, 5.41) is 12.7. The molecule has 1 fully saturated rings. The van der Waals surface area contributed by atoms with E-state index in [2.05, 4.69) is 22.3 Å². The molecule has 1 amide bonds. The average molecular weight is 338 g/mol. The summed E-state index contributed by atoms with van der Waals surface area (Å²) in [4.78, 5) is 14.6. The number of amides is 1. The highest BCUT2D eigenvalue weighted by Crippen LogP contribution is 2.28. The Bertz CT molecular complexity index is 679. The van der Waals surface area contributed by atoms with Crippen molar-refractivity contribution in [3.05, 3.63) is 60.2 Å². The van der Waals surface area contributed by atoms with Gasteiger partial charge in [0, 0.05) is 19.5 Å². The first-order valence-corrected chi connectivity index (χ1v) is 9.08. The van der Waals surface area contributed by atoms with Crippen LogP contribution in [0.3, 0.4) is 0 Å². The fourth-order valence-electron chi connectivity index (χ4n) is 3.27. The fourth-order valence-corrected chi connectivity index (χ4v) is 3.27. The minimum atomic E-state index is -0.198. The van der Waals surface area contributed by atoms with E-state index < -0.39 is 0 Å². The van der Waals surface area contributed by atoms with Crippen LogP contribution in [0, 0.1) is 0 Å². The summed E-state index contributed by atoms with van der Waals surface area (Å²) < 4.78 is 0. The number of aliphatic hydroxyl groups is 1. The maximum atomic E-state index is 12.3. The molecule has 0 bridgehead atoms. The molecule has 1 heterocycles. The molecule has 3 rings (SSSR count). The Morgan fingerprint density at radius 2 is 1.72 bits per heavy atom. The minimum absolute atomic E-state index is 0.0559. The summed E-state index contributed by atoms with van der Waals surface area (Å²) in [6, 6.07) is 18.2. The number of rotatable bonds is 6. The van der Waals surface area contributed by atoms with Gasteiger partial charge in [-0.05, 0) is 43.4 Å². The van der Waals surface area contributed by atoms with Gasteiger partial charge in [0.15, 0.2) is 0 Å². The SMILES string of the molecule is O=C(CCCc1ccccc1)Nc1ccccc1N1CCC(O)CC1. The normalized spacial score (nSPS) is 15.2. The second-order valence-corrected chi connectivity index (χ2v) is 6.62. The maximum absolute atomic E-state index is 12.3. The molecule has 0 spiro atoms. The number of carbonyl (C=O) groups excluding carboxylic acids is 1. The fraction of sp³-hybridized carbons (Fsp3) is 0.381. The molecular formula is C21H26N2O2. The summed E-state index contributed by atoms with van der Waals surface area (Å²) in [6.07, 6.45) is 3.63. The predicted molar refractivity (Wildman–Crippen MR) is 102 cm³/mol. The molecule has 0 atom stereocenters. The van der Waals surface area contributed by atoms with Gasteiger partial charge in [0.2, 0.25) is 5.91 Å². The summed E-state index contributed by atoms with van der Waals surface area (Å²) >= 11 is 0. The molecule has 0 radical (unpaired) electrons. The zero-order valence-electron chi connectivity index (χ0n) is 14.5. The van der Waals surface area contributed by atoms with Crippen molar-refractivity contribution in [3.8, 4) is 0 Å². The molecule has 0 saturated carbocycles. The third-order valence-electron chi connectivity index (χ3n) is 4.70. The van der Waals surface area contributed by atoms with Crippen molar-refractivity contribution in [1.29, 1.82) is 0 Å². The van der Waals surface area contributed by atoms with Crippen LogP contribution in [0.1, 0.15) is 31.2 Å². The van der Waals surface area contributed by atoms with Crippen LogP contribution in [-0.2, 0) is 11.2 Å². The number of hydrogen-bond donors (Lipinski definition) is 2. The second kappa shape index (κ2) is 8.67. The Balaban J connectivity index is 1.54. The van der Waals surface area contributed by atoms with E-state index in [-0.39, 0.29) is 12.0 Å². The van der Waals surface area contributed by atoms with Crippen molar-refractivity contribution in [2.24, 2.45) is 0 Å². The van der Waals surface area contributed by atoms with Crippen molar-refractivity contribution in [2.45, 2.75) is 38.2 Å². The number of anilines is 2. The van der Waals surface area contributed by atoms with Gasteiger partial charge in [0.25, 0.3) is 0 Å². The first kappa shape index (κ1) is 17.5. The van der Waals surface area contributed by atoms with Crippen LogP contribution >= 0.6 is 0 Å². The number of aliphatic hydroxyl groups excluding tert-OH is 1. The zero-order chi connectivity index (χ0) is 17.5. The Labute approximate surface area is 149 Å². The van der Waals surface area contributed by atoms with Gasteiger partial charge in [0.1, 0.15) is 0 Å². The molecule has 2 aromatic carbocycles. The third-order valence-corrected chi connectivity index (χ3v) is 4.70. The Morgan fingerprint density at radius 1 is 1.04 bits per heavy atom. The van der Waals surface area contributed by atoms with Crippen molar-refractivity contribution in [2.75, 3.05) is 23.3 Å². The maximum Gasteiger partial charge on any atom is 0.224 e. The van der Waals surface area contributed by atoms with Crippen LogP contribution < -0.4 is 10.2 Å². The van der Waals surface area contributed by atoms with E-state index in [0.29, 0.717) is 6.42 Å². The highest BCUT2D eigenvalue weighted by molar-refractivity contribution is 5.94. The van der Waals surface area contributed by atoms with Crippen LogP contribution in [0.4, 0.5) is 11.4 Å². The van der Waals surface area contributed by atoms with Crippen molar-refractivity contribution in [1.82, 2.24) is 0 Å².